The highest BCUT2D eigenvalue weighted by molar-refractivity contribution is 6.01. The normalized spacial score (nSPS) is 23.8. The Bertz CT molecular complexity index is 791. The molecule has 0 spiro atoms. The Labute approximate surface area is 131 Å². The minimum atomic E-state index is -0.960. The van der Waals surface area contributed by atoms with Crippen molar-refractivity contribution in [2.75, 3.05) is 0 Å². The lowest BCUT2D eigenvalue weighted by Gasteiger charge is -2.34. The van der Waals surface area contributed by atoms with Gasteiger partial charge < -0.3 is 4.74 Å². The van der Waals surface area contributed by atoms with E-state index in [0.717, 1.165) is 0 Å². The molecule has 1 aromatic rings. The number of hydrogen-bond donors (Lipinski definition) is 1. The van der Waals surface area contributed by atoms with Crippen LogP contribution in [0.4, 0.5) is 5.69 Å². The predicted molar refractivity (Wildman–Crippen MR) is 79.6 cm³/mol. The summed E-state index contributed by atoms with van der Waals surface area (Å²) in [5.41, 5.74) is 0.767. The molecule has 1 aromatic carbocycles. The smallest absolute Gasteiger partial charge is 0.269 e. The van der Waals surface area contributed by atoms with E-state index in [2.05, 4.69) is 0 Å². The number of carbonyl (C=O) groups excluding carboxylic acids is 1. The molecule has 0 aromatic heterocycles. The number of benzene rings is 1. The summed E-state index contributed by atoms with van der Waals surface area (Å²) in [5.74, 6) is -1.55. The third kappa shape index (κ3) is 2.48. The van der Waals surface area contributed by atoms with Crippen molar-refractivity contribution in [3.8, 4) is 6.07 Å². The Morgan fingerprint density at radius 1 is 1.39 bits per heavy atom. The molecule has 0 saturated heterocycles. The van der Waals surface area contributed by atoms with Crippen LogP contribution >= 0.6 is 0 Å². The van der Waals surface area contributed by atoms with Gasteiger partial charge in [-0.15, -0.1) is 0 Å². The molecule has 3 rings (SSSR count). The van der Waals surface area contributed by atoms with E-state index in [-0.39, 0.29) is 17.4 Å². The molecule has 7 heteroatoms. The molecule has 0 bridgehead atoms. The van der Waals surface area contributed by atoms with Crippen molar-refractivity contribution in [3.63, 3.8) is 0 Å². The molecular weight excluding hydrogens is 298 g/mol. The van der Waals surface area contributed by atoms with Crippen LogP contribution in [0.1, 0.15) is 30.7 Å². The first-order valence-corrected chi connectivity index (χ1v) is 7.19. The molecular formula is C16H13N3O4. The number of carbonyl (C=O) groups is 1. The Hall–Kier alpha value is -3.01. The van der Waals surface area contributed by atoms with E-state index in [4.69, 9.17) is 10.1 Å². The number of allylic oxidation sites excluding steroid dienone is 2. The molecule has 2 atom stereocenters. The number of nitrogens with one attached hydrogen (secondary N) is 1. The van der Waals surface area contributed by atoms with Crippen molar-refractivity contribution in [1.29, 1.82) is 10.7 Å². The number of non-ortho nitro benzene ring substituents is 1. The molecule has 1 N–H and O–H groups in total. The van der Waals surface area contributed by atoms with E-state index in [0.29, 0.717) is 36.2 Å². The van der Waals surface area contributed by atoms with E-state index in [1.165, 1.54) is 18.2 Å². The van der Waals surface area contributed by atoms with Crippen LogP contribution in [0.25, 0.3) is 0 Å². The van der Waals surface area contributed by atoms with Crippen molar-refractivity contribution >= 4 is 17.4 Å². The molecule has 0 radical (unpaired) electrons. The van der Waals surface area contributed by atoms with Gasteiger partial charge in [-0.1, -0.05) is 12.1 Å². The maximum Gasteiger partial charge on any atom is 0.269 e. The fraction of sp³-hybridized carbons (Fsp3) is 0.312. The highest BCUT2D eigenvalue weighted by Gasteiger charge is 2.42. The zero-order valence-electron chi connectivity index (χ0n) is 12.1. The Balaban J connectivity index is 2.17. The van der Waals surface area contributed by atoms with E-state index in [1.54, 1.807) is 6.07 Å². The summed E-state index contributed by atoms with van der Waals surface area (Å²) in [6.45, 7) is 0. The summed E-state index contributed by atoms with van der Waals surface area (Å²) in [4.78, 5) is 22.8. The van der Waals surface area contributed by atoms with Crippen LogP contribution in [0.2, 0.25) is 0 Å². The average molecular weight is 311 g/mol. The molecule has 0 fully saturated rings. The number of ketones is 1. The number of hydrogen-bond acceptors (Lipinski definition) is 6. The summed E-state index contributed by atoms with van der Waals surface area (Å²) in [5, 5.41) is 28.3. The first kappa shape index (κ1) is 14.9. The van der Waals surface area contributed by atoms with Crippen LogP contribution < -0.4 is 0 Å². The van der Waals surface area contributed by atoms with Crippen molar-refractivity contribution in [2.45, 2.75) is 25.2 Å². The van der Waals surface area contributed by atoms with Gasteiger partial charge in [0.2, 0.25) is 5.90 Å². The third-order valence-electron chi connectivity index (χ3n) is 4.15. The summed E-state index contributed by atoms with van der Waals surface area (Å²) < 4.78 is 5.38. The fourth-order valence-corrected chi connectivity index (χ4v) is 3.13. The summed E-state index contributed by atoms with van der Waals surface area (Å²) in [6.07, 6.45) is 1.54. The van der Waals surface area contributed by atoms with Crippen LogP contribution in [-0.2, 0) is 9.53 Å². The maximum absolute atomic E-state index is 12.3. The van der Waals surface area contributed by atoms with Gasteiger partial charge in [-0.3, -0.25) is 20.3 Å². The van der Waals surface area contributed by atoms with Crippen LogP contribution in [0, 0.1) is 32.8 Å². The lowest BCUT2D eigenvalue weighted by Crippen LogP contribution is -2.34. The third-order valence-corrected chi connectivity index (χ3v) is 4.15. The van der Waals surface area contributed by atoms with Crippen LogP contribution in [-0.4, -0.2) is 16.6 Å². The first-order valence-electron chi connectivity index (χ1n) is 7.19. The van der Waals surface area contributed by atoms with Gasteiger partial charge in [0, 0.05) is 36.5 Å². The second-order valence-electron chi connectivity index (χ2n) is 5.52. The zero-order valence-corrected chi connectivity index (χ0v) is 12.1. The molecule has 0 amide bonds. The van der Waals surface area contributed by atoms with Gasteiger partial charge in [0.25, 0.3) is 5.69 Å². The molecule has 2 unspecified atom stereocenters. The topological polar surface area (TPSA) is 117 Å². The highest BCUT2D eigenvalue weighted by atomic mass is 16.6. The van der Waals surface area contributed by atoms with Gasteiger partial charge in [-0.2, -0.15) is 5.26 Å². The molecule has 1 aliphatic heterocycles. The van der Waals surface area contributed by atoms with Crippen molar-refractivity contribution in [3.05, 3.63) is 51.3 Å². The quantitative estimate of drug-likeness (QED) is 0.665. The maximum atomic E-state index is 12.3. The van der Waals surface area contributed by atoms with Crippen LogP contribution in [0.3, 0.4) is 0 Å². The first-order chi connectivity index (χ1) is 11.0. The number of ether oxygens (including phenoxy) is 1. The van der Waals surface area contributed by atoms with Gasteiger partial charge in [0.15, 0.2) is 5.78 Å². The number of Topliss-reactive ketones (excluding diaryl/α,β-unsaturated/α-hetero) is 1. The Morgan fingerprint density at radius 3 is 2.87 bits per heavy atom. The monoisotopic (exact) mass is 311 g/mol. The number of nitriles is 1. The average Bonchev–Trinajstić information content (AvgIpc) is 2.54. The number of nitro benzene ring substituents is 1. The second-order valence-corrected chi connectivity index (χ2v) is 5.52. The Morgan fingerprint density at radius 2 is 2.17 bits per heavy atom. The van der Waals surface area contributed by atoms with E-state index < -0.39 is 16.8 Å². The van der Waals surface area contributed by atoms with Gasteiger partial charge in [-0.05, 0) is 12.0 Å². The Kier molecular flexibility index (Phi) is 3.66. The second kappa shape index (κ2) is 5.65. The van der Waals surface area contributed by atoms with Crippen molar-refractivity contribution in [1.82, 2.24) is 0 Å². The molecule has 23 heavy (non-hydrogen) atoms. The number of rotatable bonds is 2. The van der Waals surface area contributed by atoms with E-state index in [9.17, 15) is 20.2 Å². The minimum absolute atomic E-state index is 0.109. The van der Waals surface area contributed by atoms with Crippen LogP contribution in [0.15, 0.2) is 35.6 Å². The van der Waals surface area contributed by atoms with Gasteiger partial charge >= 0.3 is 0 Å². The van der Waals surface area contributed by atoms with E-state index in [1.807, 2.05) is 6.07 Å². The van der Waals surface area contributed by atoms with Gasteiger partial charge in [-0.25, -0.2) is 0 Å². The zero-order chi connectivity index (χ0) is 16.6. The summed E-state index contributed by atoms with van der Waals surface area (Å²) >= 11 is 0. The van der Waals surface area contributed by atoms with Crippen LogP contribution in [0.5, 0.6) is 0 Å². The molecule has 7 nitrogen and oxygen atoms in total. The molecule has 0 saturated carbocycles. The largest absolute Gasteiger partial charge is 0.446 e. The fourth-order valence-electron chi connectivity index (χ4n) is 3.13. The number of nitro groups is 1. The van der Waals surface area contributed by atoms with E-state index >= 15 is 0 Å². The summed E-state index contributed by atoms with van der Waals surface area (Å²) in [6, 6.07) is 7.88. The summed E-state index contributed by atoms with van der Waals surface area (Å²) in [7, 11) is 0. The van der Waals surface area contributed by atoms with Gasteiger partial charge in [0.1, 0.15) is 11.7 Å². The number of nitrogens with zero attached hydrogens (tertiary/aromatic N) is 2. The molecule has 2 aliphatic rings. The molecule has 116 valence electrons. The minimum Gasteiger partial charge on any atom is -0.446 e. The van der Waals surface area contributed by atoms with Crippen molar-refractivity contribution in [2.24, 2.45) is 5.92 Å². The standard InChI is InChI=1S/C16H13N3O4/c17-8-11-14(9-3-1-4-10(7-9)19(21)22)15-12(20)5-2-6-13(15)23-16(11)18/h1,3-4,7,11,14,18H,2,5-6H2. The SMILES string of the molecule is N#CC1C(=N)OC2=C(C(=O)CCC2)C1c1cccc([N+](=O)[O-])c1. The van der Waals surface area contributed by atoms with Crippen molar-refractivity contribution < 1.29 is 14.5 Å². The highest BCUT2D eigenvalue weighted by Crippen LogP contribution is 2.43. The lowest BCUT2D eigenvalue weighted by atomic mass is 9.74. The molecule has 1 heterocycles. The van der Waals surface area contributed by atoms with Gasteiger partial charge in [0.05, 0.1) is 11.0 Å². The lowest BCUT2D eigenvalue weighted by molar-refractivity contribution is -0.384. The predicted octanol–water partition coefficient (Wildman–Crippen LogP) is 2.83. The molecule has 1 aliphatic carbocycles.